The molecule has 3 heteroatoms. The maximum atomic E-state index is 13.1. The average Bonchev–Trinajstić information content (AvgIpc) is 2.48. The summed E-state index contributed by atoms with van der Waals surface area (Å²) in [4.78, 5) is 0. The first-order chi connectivity index (χ1) is 10.1. The first kappa shape index (κ1) is 15.5. The second-order valence-corrected chi connectivity index (χ2v) is 5.26. The molecule has 2 aromatic rings. The van der Waals surface area contributed by atoms with E-state index in [4.69, 9.17) is 4.74 Å². The minimum Gasteiger partial charge on any atom is -0.457 e. The Morgan fingerprint density at radius 1 is 1.19 bits per heavy atom. The Morgan fingerprint density at radius 2 is 2.00 bits per heavy atom. The highest BCUT2D eigenvalue weighted by Crippen LogP contribution is 2.27. The number of halogens is 1. The smallest absolute Gasteiger partial charge is 0.130 e. The number of benzene rings is 2. The minimum atomic E-state index is -0.244. The Labute approximate surface area is 126 Å². The van der Waals surface area contributed by atoms with Gasteiger partial charge in [-0.1, -0.05) is 19.1 Å². The highest BCUT2D eigenvalue weighted by molar-refractivity contribution is 5.39. The summed E-state index contributed by atoms with van der Waals surface area (Å²) in [6.45, 7) is 7.12. The van der Waals surface area contributed by atoms with Gasteiger partial charge in [0, 0.05) is 6.04 Å². The molecule has 0 aliphatic heterocycles. The van der Waals surface area contributed by atoms with Gasteiger partial charge in [-0.05, 0) is 68.3 Å². The van der Waals surface area contributed by atoms with Gasteiger partial charge in [-0.3, -0.25) is 0 Å². The summed E-state index contributed by atoms with van der Waals surface area (Å²) in [5.74, 6) is 1.21. The molecule has 0 amide bonds. The second-order valence-electron chi connectivity index (χ2n) is 5.26. The van der Waals surface area contributed by atoms with E-state index in [-0.39, 0.29) is 11.9 Å². The van der Waals surface area contributed by atoms with Gasteiger partial charge in [-0.15, -0.1) is 0 Å². The van der Waals surface area contributed by atoms with Crippen molar-refractivity contribution in [1.29, 1.82) is 0 Å². The number of nitrogens with one attached hydrogen (secondary N) is 1. The number of rotatable bonds is 6. The van der Waals surface area contributed by atoms with Crippen molar-refractivity contribution in [3.63, 3.8) is 0 Å². The van der Waals surface area contributed by atoms with E-state index in [1.807, 2.05) is 25.1 Å². The van der Waals surface area contributed by atoms with Crippen molar-refractivity contribution in [2.24, 2.45) is 0 Å². The van der Waals surface area contributed by atoms with Gasteiger partial charge in [0.05, 0.1) is 0 Å². The first-order valence-corrected chi connectivity index (χ1v) is 7.37. The lowest BCUT2D eigenvalue weighted by Gasteiger charge is -2.15. The number of hydrogen-bond donors (Lipinski definition) is 1. The zero-order chi connectivity index (χ0) is 15.2. The topological polar surface area (TPSA) is 21.3 Å². The molecule has 0 heterocycles. The standard InChI is InChI=1S/C18H22FNO/c1-4-10-20-14(3)15-6-5-7-17(12-15)21-18-9-8-16(19)11-13(18)2/h5-9,11-12,14,20H,4,10H2,1-3H3. The van der Waals surface area contributed by atoms with Crippen LogP contribution >= 0.6 is 0 Å². The Kier molecular flexibility index (Phi) is 5.34. The van der Waals surface area contributed by atoms with Gasteiger partial charge in [0.25, 0.3) is 0 Å². The number of aryl methyl sites for hydroxylation is 1. The van der Waals surface area contributed by atoms with Crippen molar-refractivity contribution in [3.05, 3.63) is 59.4 Å². The summed E-state index contributed by atoms with van der Waals surface area (Å²) in [5.41, 5.74) is 1.97. The molecular weight excluding hydrogens is 265 g/mol. The van der Waals surface area contributed by atoms with Crippen LogP contribution in [0.3, 0.4) is 0 Å². The van der Waals surface area contributed by atoms with Crippen LogP contribution in [0.1, 0.15) is 37.4 Å². The predicted octanol–water partition coefficient (Wildman–Crippen LogP) is 4.99. The molecule has 2 nitrogen and oxygen atoms in total. The molecule has 0 saturated heterocycles. The predicted molar refractivity (Wildman–Crippen MR) is 84.4 cm³/mol. The van der Waals surface area contributed by atoms with E-state index in [0.717, 1.165) is 24.3 Å². The van der Waals surface area contributed by atoms with Crippen molar-refractivity contribution in [2.45, 2.75) is 33.2 Å². The molecule has 0 radical (unpaired) electrons. The van der Waals surface area contributed by atoms with Crippen LogP contribution in [0.25, 0.3) is 0 Å². The molecule has 2 aromatic carbocycles. The third-order valence-corrected chi connectivity index (χ3v) is 3.42. The molecule has 0 aromatic heterocycles. The van der Waals surface area contributed by atoms with Crippen molar-refractivity contribution in [1.82, 2.24) is 5.32 Å². The number of hydrogen-bond acceptors (Lipinski definition) is 2. The van der Waals surface area contributed by atoms with Crippen LogP contribution < -0.4 is 10.1 Å². The molecule has 0 aliphatic carbocycles. The molecule has 0 saturated carbocycles. The molecular formula is C18H22FNO. The lowest BCUT2D eigenvalue weighted by atomic mass is 10.1. The highest BCUT2D eigenvalue weighted by Gasteiger charge is 2.07. The van der Waals surface area contributed by atoms with E-state index >= 15 is 0 Å². The van der Waals surface area contributed by atoms with Gasteiger partial charge in [-0.2, -0.15) is 0 Å². The Morgan fingerprint density at radius 3 is 2.71 bits per heavy atom. The normalized spacial score (nSPS) is 12.2. The lowest BCUT2D eigenvalue weighted by molar-refractivity contribution is 0.473. The van der Waals surface area contributed by atoms with E-state index in [1.165, 1.54) is 17.7 Å². The summed E-state index contributed by atoms with van der Waals surface area (Å²) < 4.78 is 19.0. The molecule has 0 spiro atoms. The van der Waals surface area contributed by atoms with Crippen LogP contribution in [0, 0.1) is 12.7 Å². The van der Waals surface area contributed by atoms with Crippen LogP contribution in [0.2, 0.25) is 0 Å². The molecule has 0 fully saturated rings. The first-order valence-electron chi connectivity index (χ1n) is 7.37. The summed E-state index contributed by atoms with van der Waals surface area (Å²) in [7, 11) is 0. The summed E-state index contributed by atoms with van der Waals surface area (Å²) in [5, 5.41) is 3.45. The van der Waals surface area contributed by atoms with Crippen molar-refractivity contribution in [2.75, 3.05) is 6.54 Å². The molecule has 1 N–H and O–H groups in total. The van der Waals surface area contributed by atoms with Crippen molar-refractivity contribution >= 4 is 0 Å². The highest BCUT2D eigenvalue weighted by atomic mass is 19.1. The van der Waals surface area contributed by atoms with Gasteiger partial charge < -0.3 is 10.1 Å². The molecule has 21 heavy (non-hydrogen) atoms. The fourth-order valence-corrected chi connectivity index (χ4v) is 2.18. The quantitative estimate of drug-likeness (QED) is 0.808. The fourth-order valence-electron chi connectivity index (χ4n) is 2.18. The van der Waals surface area contributed by atoms with Crippen molar-refractivity contribution in [3.8, 4) is 11.5 Å². The Balaban J connectivity index is 2.13. The van der Waals surface area contributed by atoms with E-state index in [9.17, 15) is 4.39 Å². The van der Waals surface area contributed by atoms with Crippen LogP contribution in [-0.4, -0.2) is 6.54 Å². The minimum absolute atomic E-state index is 0.244. The van der Waals surface area contributed by atoms with Gasteiger partial charge in [0.2, 0.25) is 0 Å². The molecule has 0 bridgehead atoms. The zero-order valence-electron chi connectivity index (χ0n) is 12.8. The van der Waals surface area contributed by atoms with E-state index in [1.54, 1.807) is 6.07 Å². The van der Waals surface area contributed by atoms with Gasteiger partial charge in [-0.25, -0.2) is 4.39 Å². The van der Waals surface area contributed by atoms with Crippen LogP contribution in [0.5, 0.6) is 11.5 Å². The summed E-state index contributed by atoms with van der Waals surface area (Å²) >= 11 is 0. The summed E-state index contributed by atoms with van der Waals surface area (Å²) in [6.07, 6.45) is 1.11. The lowest BCUT2D eigenvalue weighted by Crippen LogP contribution is -2.19. The van der Waals surface area contributed by atoms with Crippen LogP contribution in [-0.2, 0) is 0 Å². The third-order valence-electron chi connectivity index (χ3n) is 3.42. The van der Waals surface area contributed by atoms with Gasteiger partial charge >= 0.3 is 0 Å². The zero-order valence-corrected chi connectivity index (χ0v) is 12.8. The van der Waals surface area contributed by atoms with Crippen molar-refractivity contribution < 1.29 is 9.13 Å². The van der Waals surface area contributed by atoms with E-state index in [0.29, 0.717) is 5.75 Å². The Bertz CT molecular complexity index is 598. The maximum absolute atomic E-state index is 13.1. The van der Waals surface area contributed by atoms with Crippen LogP contribution in [0.15, 0.2) is 42.5 Å². The SMILES string of the molecule is CCCNC(C)c1cccc(Oc2ccc(F)cc2C)c1. The van der Waals surface area contributed by atoms with E-state index < -0.39 is 0 Å². The molecule has 112 valence electrons. The Hall–Kier alpha value is -1.87. The largest absolute Gasteiger partial charge is 0.457 e. The molecule has 1 unspecified atom stereocenters. The summed E-state index contributed by atoms with van der Waals surface area (Å²) in [6, 6.07) is 12.8. The average molecular weight is 287 g/mol. The van der Waals surface area contributed by atoms with Gasteiger partial charge in [0.15, 0.2) is 0 Å². The van der Waals surface area contributed by atoms with Crippen LogP contribution in [0.4, 0.5) is 4.39 Å². The monoisotopic (exact) mass is 287 g/mol. The number of ether oxygens (including phenoxy) is 1. The molecule has 0 aliphatic rings. The third kappa shape index (κ3) is 4.30. The fraction of sp³-hybridized carbons (Fsp3) is 0.333. The second kappa shape index (κ2) is 7.23. The molecule has 1 atom stereocenters. The van der Waals surface area contributed by atoms with Gasteiger partial charge in [0.1, 0.15) is 17.3 Å². The maximum Gasteiger partial charge on any atom is 0.130 e. The molecule has 2 rings (SSSR count). The van der Waals surface area contributed by atoms with E-state index in [2.05, 4.69) is 25.2 Å².